The van der Waals surface area contributed by atoms with Crippen LogP contribution in [-0.4, -0.2) is 89.6 Å². The predicted octanol–water partition coefficient (Wildman–Crippen LogP) is 8.32. The Morgan fingerprint density at radius 3 is 1.92 bits per heavy atom. The molecule has 5 N–H and O–H groups in total. The molecule has 1 amide bonds. The number of unbranched alkanes of at least 4 members (excludes halogenated alkanes) is 4. The Bertz CT molecular complexity index is 1860. The summed E-state index contributed by atoms with van der Waals surface area (Å²) in [6, 6.07) is 5.76. The van der Waals surface area contributed by atoms with Crippen LogP contribution < -0.4 is 20.1 Å². The molecule has 338 valence electrons. The molecule has 0 radical (unpaired) electrons. The maximum Gasteiger partial charge on any atom is 0.416 e. The lowest BCUT2D eigenvalue weighted by atomic mass is 9.77. The fraction of sp³-hybridized carbons (Fsp3) is 0.537. The van der Waals surface area contributed by atoms with Crippen LogP contribution in [0.1, 0.15) is 104 Å². The average molecular weight is 875 g/mol. The second kappa shape index (κ2) is 23.1. The summed E-state index contributed by atoms with van der Waals surface area (Å²) in [6.07, 6.45) is -5.05. The van der Waals surface area contributed by atoms with Gasteiger partial charge in [-0.15, -0.1) is 0 Å². The summed E-state index contributed by atoms with van der Waals surface area (Å²) >= 11 is 0. The minimum Gasteiger partial charge on any atom is -0.490 e. The fourth-order valence-corrected chi connectivity index (χ4v) is 6.74. The van der Waals surface area contributed by atoms with Crippen molar-refractivity contribution >= 4 is 23.7 Å². The van der Waals surface area contributed by atoms with Gasteiger partial charge in [0, 0.05) is 51.6 Å². The van der Waals surface area contributed by atoms with Crippen molar-refractivity contribution in [2.75, 3.05) is 45.5 Å². The molecule has 61 heavy (non-hydrogen) atoms. The number of alkyl halides is 6. The lowest BCUT2D eigenvalue weighted by Crippen LogP contribution is -2.64. The van der Waals surface area contributed by atoms with Crippen LogP contribution in [0.25, 0.3) is 0 Å². The number of hydrogen-bond donors (Lipinski definition) is 4. The minimum absolute atomic E-state index is 0.0426. The van der Waals surface area contributed by atoms with Gasteiger partial charge in [0.05, 0.1) is 48.1 Å². The highest BCUT2D eigenvalue weighted by atomic mass is 19.4. The quantitative estimate of drug-likeness (QED) is 0.0588. The van der Waals surface area contributed by atoms with E-state index in [2.05, 4.69) is 9.97 Å². The van der Waals surface area contributed by atoms with Gasteiger partial charge in [-0.1, -0.05) is 19.8 Å². The predicted molar refractivity (Wildman–Crippen MR) is 209 cm³/mol. The molecule has 20 heteroatoms. The number of benzene rings is 1. The van der Waals surface area contributed by atoms with Gasteiger partial charge in [-0.3, -0.25) is 19.5 Å². The van der Waals surface area contributed by atoms with Gasteiger partial charge in [-0.25, -0.2) is 9.78 Å². The van der Waals surface area contributed by atoms with E-state index in [-0.39, 0.29) is 79.1 Å². The van der Waals surface area contributed by atoms with Crippen molar-refractivity contribution in [3.63, 3.8) is 0 Å². The molecule has 3 aromatic rings. The van der Waals surface area contributed by atoms with E-state index in [9.17, 15) is 45.8 Å². The number of hydrogen-bond acceptors (Lipinski definition) is 10. The zero-order valence-corrected chi connectivity index (χ0v) is 34.1. The second-order valence-corrected chi connectivity index (χ2v) is 14.2. The molecule has 0 saturated carbocycles. The normalized spacial score (nSPS) is 16.3. The van der Waals surface area contributed by atoms with E-state index in [0.717, 1.165) is 30.6 Å². The van der Waals surface area contributed by atoms with Crippen LogP contribution in [0.4, 0.5) is 36.8 Å². The van der Waals surface area contributed by atoms with Crippen molar-refractivity contribution in [2.45, 2.75) is 101 Å². The van der Waals surface area contributed by atoms with Crippen LogP contribution >= 0.6 is 0 Å². The molecule has 3 heterocycles. The third-order valence-electron chi connectivity index (χ3n) is 9.81. The molecule has 0 aliphatic carbocycles. The molecule has 2 unspecified atom stereocenters. The van der Waals surface area contributed by atoms with Crippen molar-refractivity contribution in [1.82, 2.24) is 9.97 Å². The Kier molecular flexibility index (Phi) is 19.0. The number of ether oxygens (including phenoxy) is 4. The Hall–Kier alpha value is -5.21. The zero-order chi connectivity index (χ0) is 45.4. The average Bonchev–Trinajstić information content (AvgIpc) is 3.19. The number of nitrogens with zero attached hydrogens (tertiary/aromatic N) is 3. The van der Waals surface area contributed by atoms with Crippen molar-refractivity contribution in [2.24, 2.45) is 5.73 Å². The number of pyridine rings is 2. The van der Waals surface area contributed by atoms with Gasteiger partial charge in [0.25, 0.3) is 0 Å². The van der Waals surface area contributed by atoms with Gasteiger partial charge in [0.1, 0.15) is 18.0 Å². The van der Waals surface area contributed by atoms with E-state index in [4.69, 9.17) is 34.9 Å². The van der Waals surface area contributed by atoms with Gasteiger partial charge in [0.15, 0.2) is 0 Å². The largest absolute Gasteiger partial charge is 0.490 e. The molecule has 14 nitrogen and oxygen atoms in total. The van der Waals surface area contributed by atoms with E-state index in [1.807, 2.05) is 0 Å². The van der Waals surface area contributed by atoms with Crippen LogP contribution in [0.3, 0.4) is 0 Å². The number of methoxy groups -OCH3 is 2. The highest BCUT2D eigenvalue weighted by molar-refractivity contribution is 5.89. The topological polar surface area (TPSA) is 204 Å². The Morgan fingerprint density at radius 2 is 1.43 bits per heavy atom. The van der Waals surface area contributed by atoms with Crippen molar-refractivity contribution in [3.05, 3.63) is 76.2 Å². The standard InChI is InChI=1S/C29H30F6N4O5.C12H22O5/c1-4-27(36)21(14-22-23(39(27)26(40)41)5-6-24(38-22)43-3)25-17(12-20(15-37-25)44-8-7-42-2)9-16-10-18(28(30,31)32)13-19(11-16)29(33,34)35;13-11(14)7-3-1-5-9-17-10-6-2-4-8-12(15)16/h5-6,10-13,15,21H,4,7-9,14,36H2,1-3H3,(H,40,41);1-10H2,(H,13,14)(H,15,16). The molecular weight excluding hydrogens is 822 g/mol. The molecular formula is C41H52F6N4O10. The Balaban J connectivity index is 0.000000493. The van der Waals surface area contributed by atoms with Crippen molar-refractivity contribution < 1.29 is 75.0 Å². The summed E-state index contributed by atoms with van der Waals surface area (Å²) in [4.78, 5) is 42.9. The number of rotatable bonds is 21. The molecule has 0 bridgehead atoms. The number of carboxylic acid groups (broad SMARTS) is 3. The van der Waals surface area contributed by atoms with Gasteiger partial charge in [-0.05, 0) is 80.0 Å². The van der Waals surface area contributed by atoms with Crippen LogP contribution in [0, 0.1) is 0 Å². The number of aliphatic carboxylic acids is 2. The Labute approximate surface area is 349 Å². The van der Waals surface area contributed by atoms with Crippen LogP contribution in [0.2, 0.25) is 0 Å². The summed E-state index contributed by atoms with van der Waals surface area (Å²) in [6.45, 7) is 3.27. The third kappa shape index (κ3) is 15.0. The number of amides is 1. The van der Waals surface area contributed by atoms with Crippen molar-refractivity contribution in [3.8, 4) is 11.6 Å². The number of carboxylic acids is 2. The van der Waals surface area contributed by atoms with E-state index in [1.54, 1.807) is 6.92 Å². The summed E-state index contributed by atoms with van der Waals surface area (Å²) in [7, 11) is 2.83. The second-order valence-electron chi connectivity index (χ2n) is 14.2. The zero-order valence-electron chi connectivity index (χ0n) is 34.1. The van der Waals surface area contributed by atoms with E-state index >= 15 is 0 Å². The molecule has 0 spiro atoms. The summed E-state index contributed by atoms with van der Waals surface area (Å²) < 4.78 is 103. The van der Waals surface area contributed by atoms with Crippen LogP contribution in [-0.2, 0) is 44.3 Å². The van der Waals surface area contributed by atoms with Crippen molar-refractivity contribution in [1.29, 1.82) is 0 Å². The smallest absolute Gasteiger partial charge is 0.416 e. The molecule has 2 aromatic heterocycles. The number of halogens is 6. The number of aromatic nitrogens is 2. The number of anilines is 1. The molecule has 0 saturated heterocycles. The molecule has 1 aliphatic rings. The summed E-state index contributed by atoms with van der Waals surface area (Å²) in [5.74, 6) is -2.04. The van der Waals surface area contributed by atoms with Gasteiger partial charge in [0.2, 0.25) is 5.88 Å². The molecule has 0 fully saturated rings. The monoisotopic (exact) mass is 874 g/mol. The summed E-state index contributed by atoms with van der Waals surface area (Å²) in [5.41, 5.74) is 2.85. The highest BCUT2D eigenvalue weighted by Gasteiger charge is 2.50. The highest BCUT2D eigenvalue weighted by Crippen LogP contribution is 2.46. The number of fused-ring (bicyclic) bond motifs is 1. The first-order valence-corrected chi connectivity index (χ1v) is 19.5. The Morgan fingerprint density at radius 1 is 0.836 bits per heavy atom. The van der Waals surface area contributed by atoms with Gasteiger partial charge < -0.3 is 40.0 Å². The lowest BCUT2D eigenvalue weighted by Gasteiger charge is -2.48. The number of carbonyl (C=O) groups is 3. The van der Waals surface area contributed by atoms with E-state index in [0.29, 0.717) is 43.9 Å². The maximum absolute atomic E-state index is 13.6. The maximum atomic E-state index is 13.6. The first-order chi connectivity index (χ1) is 28.7. The first-order valence-electron chi connectivity index (χ1n) is 19.5. The SMILES string of the molecule is CCC1(N)C(c2ncc(OCCOC)cc2Cc2cc(C(F)(F)F)cc(C(F)(F)F)c2)Cc2nc(OC)ccc2N1C(=O)O.O=C(O)CCCCCOCCCCCC(=O)O. The molecule has 1 aliphatic heterocycles. The minimum atomic E-state index is -5.05. The number of nitrogens with two attached hydrogens (primary N) is 1. The van der Waals surface area contributed by atoms with Gasteiger partial charge >= 0.3 is 30.4 Å². The van der Waals surface area contributed by atoms with E-state index in [1.165, 1.54) is 38.6 Å². The molecule has 4 rings (SSSR count). The van der Waals surface area contributed by atoms with Crippen LogP contribution in [0.5, 0.6) is 11.6 Å². The van der Waals surface area contributed by atoms with Crippen LogP contribution in [0.15, 0.2) is 42.6 Å². The summed E-state index contributed by atoms with van der Waals surface area (Å²) in [5, 5.41) is 27.1. The van der Waals surface area contributed by atoms with Gasteiger partial charge in [-0.2, -0.15) is 26.3 Å². The molecule has 2 atom stereocenters. The van der Waals surface area contributed by atoms with E-state index < -0.39 is 59.5 Å². The lowest BCUT2D eigenvalue weighted by molar-refractivity contribution is -0.143. The molecule has 1 aromatic carbocycles. The fourth-order valence-electron chi connectivity index (χ4n) is 6.74. The third-order valence-corrected chi connectivity index (χ3v) is 9.81. The first kappa shape index (κ1) is 50.1.